The van der Waals surface area contributed by atoms with Gasteiger partial charge in [-0.05, 0) is 127 Å². The van der Waals surface area contributed by atoms with Crippen LogP contribution >= 0.6 is 0 Å². The molecule has 2 aliphatic heterocycles. The fourth-order valence-electron chi connectivity index (χ4n) is 19.5. The first-order valence-electron chi connectivity index (χ1n) is 41.3. The third-order valence-corrected chi connectivity index (χ3v) is 24.9. The topological polar surface area (TPSA) is 109 Å². The van der Waals surface area contributed by atoms with Crippen LogP contribution in [0.1, 0.15) is 44.5 Å². The zero-order valence-corrected chi connectivity index (χ0v) is 65.8. The molecule has 0 fully saturated rings. The second-order valence-electron chi connectivity index (χ2n) is 31.6. The van der Waals surface area contributed by atoms with Gasteiger partial charge in [0.25, 0.3) is 0 Å². The summed E-state index contributed by atoms with van der Waals surface area (Å²) < 4.78 is 13.9. The third kappa shape index (κ3) is 11.1. The molecule has 0 radical (unpaired) electrons. The van der Waals surface area contributed by atoms with E-state index >= 15 is 0 Å². The van der Waals surface area contributed by atoms with Gasteiger partial charge in [-0.2, -0.15) is 0 Å². The molecule has 568 valence electrons. The number of hydrogen-bond donors (Lipinski definition) is 0. The van der Waals surface area contributed by atoms with Gasteiger partial charge >= 0.3 is 0 Å². The van der Waals surface area contributed by atoms with E-state index in [1.165, 1.54) is 44.5 Å². The fraction of sp³-hybridized carbons (Fsp3) is 0.0177. The zero-order valence-electron chi connectivity index (χ0n) is 65.8. The summed E-state index contributed by atoms with van der Waals surface area (Å²) in [5.41, 5.74) is 28.8. The molecular formula is C113H69N7O2. The van der Waals surface area contributed by atoms with Crippen molar-refractivity contribution in [2.75, 3.05) is 0 Å². The average Bonchev–Trinajstić information content (AvgIpc) is 1.49. The predicted molar refractivity (Wildman–Crippen MR) is 491 cm³/mol. The molecule has 9 nitrogen and oxygen atoms in total. The summed E-state index contributed by atoms with van der Waals surface area (Å²) in [5, 5.41) is 6.43. The second-order valence-corrected chi connectivity index (χ2v) is 31.6. The SMILES string of the molecule is c1ccc(-c2cc(-c3cccc(-c4ccc5c(c4)nc(-c4ccccc4)c4cc6c(cc45)C4(c5ccccc5O6)c5ccccc5-c5ccccc54)c3)nc(-c3ccccc3)n2)cc1.c1ccc(-c2nc(-c3ccccc3)nc(-c3ccc4c(c3)nc(-c3ccccc3)c3cc5c(cc34)C3(c4ccccc4O5)c4ccccc4-c4ccccc43)n2)cc1. The molecule has 4 aliphatic rings. The maximum absolute atomic E-state index is 6.96. The summed E-state index contributed by atoms with van der Waals surface area (Å²) in [5.74, 6) is 5.94. The van der Waals surface area contributed by atoms with Crippen LogP contribution in [0.4, 0.5) is 0 Å². The van der Waals surface area contributed by atoms with Crippen LogP contribution in [0.25, 0.3) is 167 Å². The summed E-state index contributed by atoms with van der Waals surface area (Å²) in [6.07, 6.45) is 0. The van der Waals surface area contributed by atoms with Crippen molar-refractivity contribution in [3.63, 3.8) is 0 Å². The highest BCUT2D eigenvalue weighted by molar-refractivity contribution is 6.15. The first-order valence-corrected chi connectivity index (χ1v) is 41.3. The Hall–Kier alpha value is -16.2. The van der Waals surface area contributed by atoms with E-state index < -0.39 is 10.8 Å². The molecular weight excluding hydrogens is 1490 g/mol. The molecule has 4 aromatic heterocycles. The lowest BCUT2D eigenvalue weighted by Gasteiger charge is -2.39. The second kappa shape index (κ2) is 28.3. The van der Waals surface area contributed by atoms with E-state index in [0.717, 1.165) is 167 Å². The predicted octanol–water partition coefficient (Wildman–Crippen LogP) is 27.7. The Morgan fingerprint density at radius 3 is 0.902 bits per heavy atom. The van der Waals surface area contributed by atoms with Crippen LogP contribution < -0.4 is 9.47 Å². The maximum atomic E-state index is 6.96. The van der Waals surface area contributed by atoms with Gasteiger partial charge in [0, 0.05) is 88.3 Å². The monoisotopic (exact) mass is 1560 g/mol. The van der Waals surface area contributed by atoms with Crippen LogP contribution in [0.5, 0.6) is 23.0 Å². The van der Waals surface area contributed by atoms with Crippen molar-refractivity contribution in [3.05, 3.63) is 463 Å². The zero-order chi connectivity index (χ0) is 80.4. The number of ether oxygens (including phenoxy) is 2. The maximum Gasteiger partial charge on any atom is 0.164 e. The van der Waals surface area contributed by atoms with Crippen LogP contribution in [0.3, 0.4) is 0 Å². The summed E-state index contributed by atoms with van der Waals surface area (Å²) in [6.45, 7) is 0. The molecule has 2 spiro atoms. The number of fused-ring (bicyclic) bond motifs is 24. The Labute approximate surface area is 704 Å². The summed E-state index contributed by atoms with van der Waals surface area (Å²) in [4.78, 5) is 36.2. The molecule has 0 saturated carbocycles. The lowest BCUT2D eigenvalue weighted by Crippen LogP contribution is -2.32. The van der Waals surface area contributed by atoms with Crippen LogP contribution in [0.15, 0.2) is 419 Å². The average molecular weight is 1560 g/mol. The minimum absolute atomic E-state index is 0.573. The first kappa shape index (κ1) is 70.0. The number of benzene rings is 17. The smallest absolute Gasteiger partial charge is 0.164 e. The van der Waals surface area contributed by atoms with Gasteiger partial charge in [-0.3, -0.25) is 0 Å². The van der Waals surface area contributed by atoms with Gasteiger partial charge in [-0.25, -0.2) is 34.9 Å². The van der Waals surface area contributed by atoms with E-state index in [1.54, 1.807) is 0 Å². The molecule has 9 heteroatoms. The van der Waals surface area contributed by atoms with Crippen LogP contribution in [-0.4, -0.2) is 34.9 Å². The summed E-state index contributed by atoms with van der Waals surface area (Å²) >= 11 is 0. The van der Waals surface area contributed by atoms with Crippen molar-refractivity contribution >= 4 is 43.4 Å². The van der Waals surface area contributed by atoms with Crippen molar-refractivity contribution in [1.82, 2.24) is 34.9 Å². The highest BCUT2D eigenvalue weighted by Crippen LogP contribution is 2.65. The van der Waals surface area contributed by atoms with Gasteiger partial charge in [0.05, 0.1) is 44.6 Å². The van der Waals surface area contributed by atoms with Crippen LogP contribution in [-0.2, 0) is 10.8 Å². The molecule has 0 atom stereocenters. The van der Waals surface area contributed by atoms with E-state index in [1.807, 2.05) is 103 Å². The van der Waals surface area contributed by atoms with Crippen molar-refractivity contribution in [3.8, 4) is 147 Å². The minimum atomic E-state index is -0.583. The summed E-state index contributed by atoms with van der Waals surface area (Å²) in [6, 6.07) is 147. The highest BCUT2D eigenvalue weighted by atomic mass is 16.5. The van der Waals surface area contributed by atoms with Crippen molar-refractivity contribution in [1.29, 1.82) is 0 Å². The molecule has 0 N–H and O–H groups in total. The van der Waals surface area contributed by atoms with Gasteiger partial charge in [0.15, 0.2) is 23.3 Å². The molecule has 0 saturated heterocycles. The van der Waals surface area contributed by atoms with E-state index in [4.69, 9.17) is 44.4 Å². The lowest BCUT2D eigenvalue weighted by molar-refractivity contribution is 0.437. The van der Waals surface area contributed by atoms with Crippen molar-refractivity contribution in [2.45, 2.75) is 10.8 Å². The number of para-hydroxylation sites is 2. The highest BCUT2D eigenvalue weighted by Gasteiger charge is 2.53. The number of pyridine rings is 2. The number of rotatable bonds is 9. The Balaban J connectivity index is 0.000000139. The third-order valence-electron chi connectivity index (χ3n) is 24.9. The largest absolute Gasteiger partial charge is 0.457 e. The number of nitrogens with zero attached hydrogens (tertiary/aromatic N) is 7. The summed E-state index contributed by atoms with van der Waals surface area (Å²) in [7, 11) is 0. The molecule has 21 aromatic rings. The minimum Gasteiger partial charge on any atom is -0.457 e. The Morgan fingerprint density at radius 1 is 0.164 bits per heavy atom. The lowest BCUT2D eigenvalue weighted by atomic mass is 9.65. The van der Waals surface area contributed by atoms with E-state index in [-0.39, 0.29) is 0 Å². The van der Waals surface area contributed by atoms with E-state index in [9.17, 15) is 0 Å². The molecule has 2 aliphatic carbocycles. The fourth-order valence-corrected chi connectivity index (χ4v) is 19.5. The van der Waals surface area contributed by atoms with Crippen molar-refractivity contribution in [2.24, 2.45) is 0 Å². The molecule has 0 unspecified atom stereocenters. The Kier molecular flexibility index (Phi) is 16.2. The standard InChI is InChI=1S/C60H37N3O.C53H32N4O/c1-4-17-38(18-5-1)53-37-54(63-59(62-53)40-21-8-3-9-22-40)43-24-16-23-41(33-43)42-31-32-46-47-35-52-57(36-48(47)58(61-55(46)34-42)39-19-6-2-7-20-39)64-56-30-15-14-29-51(56)60(52)49-27-12-10-25-44(49)45-26-11-13-28-50(45)60;1-4-16-33(17-5-1)49-41-32-48-45(53(44-26-14-15-27-47(44)58-48)42-24-12-10-22-37(42)38-23-11-13-25-43(38)53)31-40(41)39-29-28-36(30-46(39)54-49)52-56-50(34-18-6-2-7-19-34)55-51(57-52)35-20-8-3-9-21-35/h1-37H;1-32H. The Morgan fingerprint density at radius 2 is 0.475 bits per heavy atom. The van der Waals surface area contributed by atoms with E-state index in [2.05, 4.69) is 315 Å². The van der Waals surface area contributed by atoms with Gasteiger partial charge in [-0.15, -0.1) is 0 Å². The number of aromatic nitrogens is 7. The molecule has 17 aromatic carbocycles. The number of hydrogen-bond acceptors (Lipinski definition) is 9. The molecule has 25 rings (SSSR count). The molecule has 6 heterocycles. The van der Waals surface area contributed by atoms with Gasteiger partial charge < -0.3 is 9.47 Å². The van der Waals surface area contributed by atoms with Gasteiger partial charge in [0.1, 0.15) is 23.0 Å². The van der Waals surface area contributed by atoms with Crippen LogP contribution in [0, 0.1) is 0 Å². The molecule has 122 heavy (non-hydrogen) atoms. The first-order chi connectivity index (χ1) is 60.4. The normalized spacial score (nSPS) is 13.0. The molecule has 0 amide bonds. The van der Waals surface area contributed by atoms with Crippen molar-refractivity contribution < 1.29 is 9.47 Å². The van der Waals surface area contributed by atoms with E-state index in [0.29, 0.717) is 23.3 Å². The quantitative estimate of drug-likeness (QED) is 0.131. The Bertz CT molecular complexity index is 7610. The van der Waals surface area contributed by atoms with Crippen LogP contribution in [0.2, 0.25) is 0 Å². The van der Waals surface area contributed by atoms with Gasteiger partial charge in [0.2, 0.25) is 0 Å². The van der Waals surface area contributed by atoms with Gasteiger partial charge in [-0.1, -0.05) is 358 Å². The molecule has 0 bridgehead atoms.